The van der Waals surface area contributed by atoms with Crippen molar-refractivity contribution in [2.24, 2.45) is 0 Å². The number of carbonyl (C=O) groups excluding carboxylic acids is 2. The molecule has 1 N–H and O–H groups in total. The first-order valence-corrected chi connectivity index (χ1v) is 6.69. The fourth-order valence-corrected chi connectivity index (χ4v) is 2.42. The van der Waals surface area contributed by atoms with Gasteiger partial charge in [-0.25, -0.2) is 0 Å². The highest BCUT2D eigenvalue weighted by Crippen LogP contribution is 2.33. The molecule has 3 nitrogen and oxygen atoms in total. The second-order valence-corrected chi connectivity index (χ2v) is 6.54. The highest BCUT2D eigenvalue weighted by molar-refractivity contribution is 6.03. The lowest BCUT2D eigenvalue weighted by atomic mass is 9.74. The molecule has 0 saturated carbocycles. The van der Waals surface area contributed by atoms with Gasteiger partial charge in [0.05, 0.1) is 5.41 Å². The van der Waals surface area contributed by atoms with Crippen LogP contribution in [0.2, 0.25) is 0 Å². The fraction of sp³-hybridized carbons (Fsp3) is 0.500. The summed E-state index contributed by atoms with van der Waals surface area (Å²) < 4.78 is 0. The van der Waals surface area contributed by atoms with Crippen LogP contribution in [0.1, 0.15) is 51.7 Å². The van der Waals surface area contributed by atoms with Crippen molar-refractivity contribution in [3.05, 3.63) is 35.4 Å². The zero-order chi connectivity index (χ0) is 14.3. The molecule has 2 amide bonds. The van der Waals surface area contributed by atoms with E-state index in [1.807, 2.05) is 19.1 Å². The number of imide groups is 1. The number of hydrogen-bond donors (Lipinski definition) is 1. The van der Waals surface area contributed by atoms with Crippen LogP contribution in [0.4, 0.5) is 0 Å². The Morgan fingerprint density at radius 1 is 1.11 bits per heavy atom. The van der Waals surface area contributed by atoms with Gasteiger partial charge in [-0.3, -0.25) is 14.9 Å². The molecule has 1 aliphatic heterocycles. The molecule has 1 aromatic rings. The fourth-order valence-electron chi connectivity index (χ4n) is 2.42. The Morgan fingerprint density at radius 3 is 2.16 bits per heavy atom. The molecule has 1 heterocycles. The molecule has 3 heteroatoms. The summed E-state index contributed by atoms with van der Waals surface area (Å²) in [5.74, 6) is -0.360. The van der Waals surface area contributed by atoms with Crippen LogP contribution in [-0.4, -0.2) is 11.8 Å². The van der Waals surface area contributed by atoms with E-state index in [0.717, 1.165) is 5.56 Å². The maximum absolute atomic E-state index is 12.1. The average molecular weight is 259 g/mol. The SMILES string of the molecule is CC(C)(C)c1ccc(C2(C)CCC(=O)NC2=O)cc1. The Kier molecular flexibility index (Phi) is 3.25. The van der Waals surface area contributed by atoms with E-state index in [0.29, 0.717) is 12.8 Å². The first kappa shape index (κ1) is 13.8. The van der Waals surface area contributed by atoms with Crippen LogP contribution >= 0.6 is 0 Å². The van der Waals surface area contributed by atoms with E-state index in [4.69, 9.17) is 0 Å². The highest BCUT2D eigenvalue weighted by Gasteiger charge is 2.39. The largest absolute Gasteiger partial charge is 0.296 e. The number of carbonyl (C=O) groups is 2. The molecule has 1 saturated heterocycles. The smallest absolute Gasteiger partial charge is 0.236 e. The molecular formula is C16H21NO2. The molecule has 1 unspecified atom stereocenters. The predicted molar refractivity (Wildman–Crippen MR) is 74.9 cm³/mol. The summed E-state index contributed by atoms with van der Waals surface area (Å²) in [6.07, 6.45) is 0.982. The van der Waals surface area contributed by atoms with E-state index < -0.39 is 5.41 Å². The minimum absolute atomic E-state index is 0.101. The zero-order valence-electron chi connectivity index (χ0n) is 12.0. The van der Waals surface area contributed by atoms with Gasteiger partial charge in [-0.1, -0.05) is 45.0 Å². The van der Waals surface area contributed by atoms with Crippen LogP contribution in [0, 0.1) is 0 Å². The lowest BCUT2D eigenvalue weighted by Gasteiger charge is -2.32. The van der Waals surface area contributed by atoms with Gasteiger partial charge >= 0.3 is 0 Å². The van der Waals surface area contributed by atoms with Gasteiger partial charge in [-0.2, -0.15) is 0 Å². The van der Waals surface area contributed by atoms with E-state index >= 15 is 0 Å². The first-order valence-electron chi connectivity index (χ1n) is 6.69. The summed E-state index contributed by atoms with van der Waals surface area (Å²) >= 11 is 0. The number of hydrogen-bond acceptors (Lipinski definition) is 2. The van der Waals surface area contributed by atoms with Crippen LogP contribution in [0.15, 0.2) is 24.3 Å². The molecule has 1 fully saturated rings. The summed E-state index contributed by atoms with van der Waals surface area (Å²) in [4.78, 5) is 23.3. The van der Waals surface area contributed by atoms with Crippen LogP contribution in [0.25, 0.3) is 0 Å². The monoisotopic (exact) mass is 259 g/mol. The molecular weight excluding hydrogens is 238 g/mol. The second-order valence-electron chi connectivity index (χ2n) is 6.54. The number of piperidine rings is 1. The third kappa shape index (κ3) is 2.55. The maximum atomic E-state index is 12.1. The number of rotatable bonds is 1. The number of amides is 2. The molecule has 0 aliphatic carbocycles. The van der Waals surface area contributed by atoms with Crippen molar-refractivity contribution in [2.75, 3.05) is 0 Å². The molecule has 19 heavy (non-hydrogen) atoms. The topological polar surface area (TPSA) is 46.2 Å². The van der Waals surface area contributed by atoms with Crippen LogP contribution in [0.5, 0.6) is 0 Å². The third-order valence-electron chi connectivity index (χ3n) is 3.99. The Morgan fingerprint density at radius 2 is 1.68 bits per heavy atom. The molecule has 0 aromatic heterocycles. The zero-order valence-corrected chi connectivity index (χ0v) is 12.0. The molecule has 102 valence electrons. The van der Waals surface area contributed by atoms with Crippen molar-refractivity contribution >= 4 is 11.8 Å². The summed E-state index contributed by atoms with van der Waals surface area (Å²) in [5, 5.41) is 2.44. The lowest BCUT2D eigenvalue weighted by Crippen LogP contribution is -2.49. The molecule has 0 spiro atoms. The Balaban J connectivity index is 2.32. The Hall–Kier alpha value is -1.64. The van der Waals surface area contributed by atoms with Gasteiger partial charge in [0.1, 0.15) is 0 Å². The number of nitrogens with one attached hydrogen (secondary N) is 1. The van der Waals surface area contributed by atoms with E-state index in [1.54, 1.807) is 0 Å². The first-order chi connectivity index (χ1) is 8.73. The molecule has 1 aliphatic rings. The quantitative estimate of drug-likeness (QED) is 0.788. The number of benzene rings is 1. The third-order valence-corrected chi connectivity index (χ3v) is 3.99. The Labute approximate surface area is 114 Å². The molecule has 0 radical (unpaired) electrons. The molecule has 1 aromatic carbocycles. The van der Waals surface area contributed by atoms with E-state index in [2.05, 4.69) is 38.2 Å². The van der Waals surface area contributed by atoms with Gasteiger partial charge in [0.25, 0.3) is 0 Å². The van der Waals surface area contributed by atoms with E-state index in [9.17, 15) is 9.59 Å². The second kappa shape index (κ2) is 4.48. The minimum Gasteiger partial charge on any atom is -0.296 e. The molecule has 0 bridgehead atoms. The normalized spacial score (nSPS) is 24.2. The average Bonchev–Trinajstić information content (AvgIpc) is 2.33. The van der Waals surface area contributed by atoms with Crippen LogP contribution in [-0.2, 0) is 20.4 Å². The molecule has 2 rings (SSSR count). The minimum atomic E-state index is -0.593. The standard InChI is InChI=1S/C16H21NO2/c1-15(2,3)11-5-7-12(8-6-11)16(4)10-9-13(18)17-14(16)19/h5-8H,9-10H2,1-4H3,(H,17,18,19). The Bertz CT molecular complexity index is 511. The predicted octanol–water partition coefficient (Wildman–Crippen LogP) is 2.68. The van der Waals surface area contributed by atoms with Crippen molar-refractivity contribution in [3.63, 3.8) is 0 Å². The van der Waals surface area contributed by atoms with Crippen molar-refractivity contribution < 1.29 is 9.59 Å². The summed E-state index contributed by atoms with van der Waals surface area (Å²) in [6.45, 7) is 8.39. The van der Waals surface area contributed by atoms with Gasteiger partial charge in [0, 0.05) is 6.42 Å². The van der Waals surface area contributed by atoms with Crippen LogP contribution in [0.3, 0.4) is 0 Å². The van der Waals surface area contributed by atoms with Gasteiger partial charge in [-0.05, 0) is 29.9 Å². The van der Waals surface area contributed by atoms with Crippen molar-refractivity contribution in [1.82, 2.24) is 5.32 Å². The van der Waals surface area contributed by atoms with Gasteiger partial charge < -0.3 is 0 Å². The van der Waals surface area contributed by atoms with Crippen molar-refractivity contribution in [1.29, 1.82) is 0 Å². The lowest BCUT2D eigenvalue weighted by molar-refractivity contribution is -0.137. The van der Waals surface area contributed by atoms with Crippen molar-refractivity contribution in [3.8, 4) is 0 Å². The van der Waals surface area contributed by atoms with Gasteiger partial charge in [-0.15, -0.1) is 0 Å². The van der Waals surface area contributed by atoms with E-state index in [-0.39, 0.29) is 17.2 Å². The maximum Gasteiger partial charge on any atom is 0.236 e. The molecule has 1 atom stereocenters. The summed E-state index contributed by atoms with van der Waals surface area (Å²) in [7, 11) is 0. The highest BCUT2D eigenvalue weighted by atomic mass is 16.2. The van der Waals surface area contributed by atoms with Gasteiger partial charge in [0.2, 0.25) is 11.8 Å². The van der Waals surface area contributed by atoms with E-state index in [1.165, 1.54) is 5.56 Å². The van der Waals surface area contributed by atoms with Gasteiger partial charge in [0.15, 0.2) is 0 Å². The summed E-state index contributed by atoms with van der Waals surface area (Å²) in [5.41, 5.74) is 1.73. The van der Waals surface area contributed by atoms with Crippen LogP contribution < -0.4 is 5.32 Å². The van der Waals surface area contributed by atoms with Crippen molar-refractivity contribution in [2.45, 2.75) is 51.4 Å². The summed E-state index contributed by atoms with van der Waals surface area (Å²) in [6, 6.07) is 8.17.